The third-order valence-electron chi connectivity index (χ3n) is 5.06. The zero-order valence-corrected chi connectivity index (χ0v) is 16.0. The summed E-state index contributed by atoms with van der Waals surface area (Å²) in [5.41, 5.74) is -0.531. The van der Waals surface area contributed by atoms with Crippen LogP contribution in [0.3, 0.4) is 0 Å². The van der Waals surface area contributed by atoms with Crippen LogP contribution in [0, 0.1) is 0 Å². The first-order chi connectivity index (χ1) is 14.8. The topological polar surface area (TPSA) is 170 Å². The van der Waals surface area contributed by atoms with Crippen LogP contribution in [-0.4, -0.2) is 68.0 Å². The van der Waals surface area contributed by atoms with Gasteiger partial charge in [-0.1, -0.05) is 30.3 Å². The Morgan fingerprint density at radius 3 is 2.35 bits per heavy atom. The molecule has 1 fully saturated rings. The molecule has 2 aromatic carbocycles. The molecule has 10 heteroatoms. The highest BCUT2D eigenvalue weighted by Crippen LogP contribution is 2.36. The van der Waals surface area contributed by atoms with Gasteiger partial charge in [0.15, 0.2) is 5.76 Å². The maximum Gasteiger partial charge on any atom is 0.238 e. The van der Waals surface area contributed by atoms with Crippen LogP contribution in [0.2, 0.25) is 0 Å². The average Bonchev–Trinajstić information content (AvgIpc) is 2.77. The second-order valence-corrected chi connectivity index (χ2v) is 7.11. The number of benzene rings is 2. The van der Waals surface area contributed by atoms with E-state index in [9.17, 15) is 35.4 Å². The molecule has 10 nitrogen and oxygen atoms in total. The highest BCUT2D eigenvalue weighted by atomic mass is 16.7. The summed E-state index contributed by atoms with van der Waals surface area (Å²) in [5.74, 6) is -1.43. The Hall–Kier alpha value is -3.15. The molecule has 1 aliphatic rings. The van der Waals surface area contributed by atoms with Crippen molar-refractivity contribution in [1.29, 1.82) is 0 Å². The molecule has 1 aliphatic heterocycles. The number of hydrogen-bond donors (Lipinski definition) is 6. The molecule has 3 aromatic rings. The minimum Gasteiger partial charge on any atom is -0.507 e. The number of ether oxygens (including phenoxy) is 2. The number of aliphatic hydroxyl groups is 4. The van der Waals surface area contributed by atoms with Crippen molar-refractivity contribution in [2.45, 2.75) is 30.7 Å². The summed E-state index contributed by atoms with van der Waals surface area (Å²) >= 11 is 0. The molecule has 0 spiro atoms. The average molecular weight is 432 g/mol. The fourth-order valence-electron chi connectivity index (χ4n) is 3.42. The van der Waals surface area contributed by atoms with Gasteiger partial charge in [-0.05, 0) is 0 Å². The zero-order chi connectivity index (χ0) is 22.3. The van der Waals surface area contributed by atoms with E-state index < -0.39 is 54.2 Å². The Morgan fingerprint density at radius 2 is 1.68 bits per heavy atom. The summed E-state index contributed by atoms with van der Waals surface area (Å²) in [6.07, 6.45) is -7.55. The van der Waals surface area contributed by atoms with E-state index in [1.165, 1.54) is 6.07 Å². The number of phenolic OH excluding ortho intramolecular Hbond substituents is 1. The van der Waals surface area contributed by atoms with Gasteiger partial charge in [0.1, 0.15) is 46.9 Å². The Bertz CT molecular complexity index is 1140. The number of aliphatic hydroxyl groups excluding tert-OH is 4. The molecule has 164 valence electrons. The minimum absolute atomic E-state index is 0.0952. The van der Waals surface area contributed by atoms with Crippen LogP contribution in [0.1, 0.15) is 0 Å². The summed E-state index contributed by atoms with van der Waals surface area (Å²) in [5, 5.41) is 59.5. The van der Waals surface area contributed by atoms with Gasteiger partial charge in [-0.25, -0.2) is 0 Å². The molecule has 5 atom stereocenters. The van der Waals surface area contributed by atoms with Gasteiger partial charge < -0.3 is 44.5 Å². The first-order valence-corrected chi connectivity index (χ1v) is 9.37. The highest BCUT2D eigenvalue weighted by molar-refractivity contribution is 5.88. The molecule has 0 radical (unpaired) electrons. The fourth-order valence-corrected chi connectivity index (χ4v) is 3.42. The maximum absolute atomic E-state index is 12.6. The van der Waals surface area contributed by atoms with E-state index in [1.807, 2.05) is 0 Å². The molecule has 2 heterocycles. The van der Waals surface area contributed by atoms with Crippen LogP contribution in [0.15, 0.2) is 51.7 Å². The van der Waals surface area contributed by atoms with Crippen LogP contribution in [-0.2, 0) is 4.74 Å². The molecule has 6 N–H and O–H groups in total. The minimum atomic E-state index is -1.66. The zero-order valence-electron chi connectivity index (χ0n) is 16.0. The molecule has 0 saturated carbocycles. The predicted molar refractivity (Wildman–Crippen MR) is 106 cm³/mol. The summed E-state index contributed by atoms with van der Waals surface area (Å²) < 4.78 is 16.4. The second kappa shape index (κ2) is 8.17. The van der Waals surface area contributed by atoms with Crippen molar-refractivity contribution in [2.24, 2.45) is 0 Å². The van der Waals surface area contributed by atoms with Crippen LogP contribution in [0.4, 0.5) is 0 Å². The summed E-state index contributed by atoms with van der Waals surface area (Å²) in [6.45, 7) is -0.637. The summed E-state index contributed by atoms with van der Waals surface area (Å²) in [7, 11) is 0. The molecular formula is C21H20O10. The van der Waals surface area contributed by atoms with Crippen molar-refractivity contribution in [3.63, 3.8) is 0 Å². The van der Waals surface area contributed by atoms with E-state index >= 15 is 0 Å². The molecule has 0 unspecified atom stereocenters. The van der Waals surface area contributed by atoms with Crippen molar-refractivity contribution in [3.8, 4) is 28.6 Å². The monoisotopic (exact) mass is 432 g/mol. The first kappa shape index (κ1) is 21.1. The molecule has 0 bridgehead atoms. The van der Waals surface area contributed by atoms with E-state index in [0.717, 1.165) is 6.07 Å². The van der Waals surface area contributed by atoms with Gasteiger partial charge >= 0.3 is 0 Å². The van der Waals surface area contributed by atoms with Crippen molar-refractivity contribution in [1.82, 2.24) is 0 Å². The van der Waals surface area contributed by atoms with E-state index in [1.54, 1.807) is 30.3 Å². The first-order valence-electron chi connectivity index (χ1n) is 9.37. The van der Waals surface area contributed by atoms with Gasteiger partial charge in [-0.2, -0.15) is 0 Å². The standard InChI is InChI=1S/C21H20O10/c22-8-13-15(24)17(26)19(28)21(31-13)29-10-6-11(23)14-12(7-10)30-20(18(27)16(14)25)9-4-2-1-3-5-9/h1-7,13,15,17,19,21-24,26-28H,8H2/t13-,15+,17-,19+,21+/m0/s1. The van der Waals surface area contributed by atoms with Gasteiger partial charge in [0.25, 0.3) is 0 Å². The van der Waals surface area contributed by atoms with Gasteiger partial charge in [-0.15, -0.1) is 0 Å². The van der Waals surface area contributed by atoms with E-state index in [2.05, 4.69) is 0 Å². The molecule has 1 saturated heterocycles. The summed E-state index contributed by atoms with van der Waals surface area (Å²) in [6, 6.07) is 10.7. The van der Waals surface area contributed by atoms with Crippen LogP contribution < -0.4 is 10.2 Å². The fraction of sp³-hybridized carbons (Fsp3) is 0.286. The number of hydrogen-bond acceptors (Lipinski definition) is 10. The molecule has 4 rings (SSSR count). The molecule has 31 heavy (non-hydrogen) atoms. The maximum atomic E-state index is 12.6. The van der Waals surface area contributed by atoms with Gasteiger partial charge in [0.2, 0.25) is 17.5 Å². The molecule has 0 amide bonds. The lowest BCUT2D eigenvalue weighted by molar-refractivity contribution is -0.277. The van der Waals surface area contributed by atoms with Crippen molar-refractivity contribution in [2.75, 3.05) is 6.61 Å². The largest absolute Gasteiger partial charge is 0.507 e. The third kappa shape index (κ3) is 3.71. The molecule has 0 aliphatic carbocycles. The SMILES string of the molecule is O=c1c(O)c(-c2ccccc2)oc2cc(O[C@@H]3O[C@@H](CO)[C@@H](O)[C@H](O)[C@H]3O)cc(O)c12. The number of phenols is 1. The van der Waals surface area contributed by atoms with Crippen molar-refractivity contribution >= 4 is 11.0 Å². The lowest BCUT2D eigenvalue weighted by Crippen LogP contribution is -2.60. The smallest absolute Gasteiger partial charge is 0.238 e. The van der Waals surface area contributed by atoms with Crippen LogP contribution >= 0.6 is 0 Å². The third-order valence-corrected chi connectivity index (χ3v) is 5.06. The Balaban J connectivity index is 1.75. The number of fused-ring (bicyclic) bond motifs is 1. The normalized spacial score (nSPS) is 26.1. The highest BCUT2D eigenvalue weighted by Gasteiger charge is 2.44. The number of rotatable bonds is 4. The van der Waals surface area contributed by atoms with Crippen molar-refractivity contribution < 1.29 is 44.5 Å². The molecular weight excluding hydrogens is 412 g/mol. The molecule has 1 aromatic heterocycles. The predicted octanol–water partition coefficient (Wildman–Crippen LogP) is 0.0499. The number of aromatic hydroxyl groups is 2. The lowest BCUT2D eigenvalue weighted by atomic mass is 9.99. The Kier molecular flexibility index (Phi) is 5.56. The quantitative estimate of drug-likeness (QED) is 0.331. The van der Waals surface area contributed by atoms with E-state index in [-0.39, 0.29) is 22.5 Å². The van der Waals surface area contributed by atoms with Crippen LogP contribution in [0.25, 0.3) is 22.3 Å². The lowest BCUT2D eigenvalue weighted by Gasteiger charge is -2.39. The van der Waals surface area contributed by atoms with Gasteiger partial charge in [-0.3, -0.25) is 4.79 Å². The van der Waals surface area contributed by atoms with Gasteiger partial charge in [0, 0.05) is 17.7 Å². The Morgan fingerprint density at radius 1 is 0.968 bits per heavy atom. The Labute approximate surface area is 174 Å². The second-order valence-electron chi connectivity index (χ2n) is 7.11. The van der Waals surface area contributed by atoms with Gasteiger partial charge in [0.05, 0.1) is 6.61 Å². The van der Waals surface area contributed by atoms with E-state index in [0.29, 0.717) is 5.56 Å². The van der Waals surface area contributed by atoms with E-state index in [4.69, 9.17) is 13.9 Å². The van der Waals surface area contributed by atoms with Crippen molar-refractivity contribution in [3.05, 3.63) is 52.7 Å². The van der Waals surface area contributed by atoms with Crippen LogP contribution in [0.5, 0.6) is 17.2 Å². The summed E-state index contributed by atoms with van der Waals surface area (Å²) in [4.78, 5) is 12.6.